The third-order valence-corrected chi connectivity index (χ3v) is 8.06. The van der Waals surface area contributed by atoms with E-state index in [0.717, 1.165) is 4.88 Å². The Hall–Kier alpha value is -2.86. The lowest BCUT2D eigenvalue weighted by Gasteiger charge is -2.16. The first-order valence-electron chi connectivity index (χ1n) is 8.91. The molecule has 32 heavy (non-hydrogen) atoms. The molecule has 1 unspecified atom stereocenters. The minimum absolute atomic E-state index is 0.188. The lowest BCUT2D eigenvalue weighted by molar-refractivity contribution is -0.385. The van der Waals surface area contributed by atoms with Gasteiger partial charge in [0.1, 0.15) is 5.71 Å². The first kappa shape index (κ1) is 22.3. The molecule has 0 saturated carbocycles. The monoisotopic (exact) mass is 510 g/mol. The summed E-state index contributed by atoms with van der Waals surface area (Å²) < 4.78 is 12.6. The predicted molar refractivity (Wildman–Crippen MR) is 123 cm³/mol. The Kier molecular flexibility index (Phi) is 6.24. The molecule has 13 heteroatoms. The number of hydrazone groups is 1. The van der Waals surface area contributed by atoms with Crippen molar-refractivity contribution in [3.05, 3.63) is 67.0 Å². The zero-order valence-electron chi connectivity index (χ0n) is 15.9. The maximum atomic E-state index is 12.6. The highest BCUT2D eigenvalue weighted by molar-refractivity contribution is 7.84. The van der Waals surface area contributed by atoms with Crippen molar-refractivity contribution in [1.29, 1.82) is 0 Å². The number of hydrogen-bond donors (Lipinski definition) is 2. The van der Waals surface area contributed by atoms with Crippen molar-refractivity contribution in [3.63, 3.8) is 0 Å². The molecular weight excluding hydrogens is 499 g/mol. The quantitative estimate of drug-likeness (QED) is 0.277. The van der Waals surface area contributed by atoms with E-state index in [-0.39, 0.29) is 39.3 Å². The van der Waals surface area contributed by atoms with Gasteiger partial charge in [0.05, 0.1) is 42.1 Å². The van der Waals surface area contributed by atoms with Crippen LogP contribution in [0.15, 0.2) is 46.4 Å². The number of nitrogens with one attached hydrogen (secondary N) is 1. The first-order valence-corrected chi connectivity index (χ1v) is 11.8. The lowest BCUT2D eigenvalue weighted by Crippen LogP contribution is -2.18. The number of hydrogen-bond acceptors (Lipinski definition) is 8. The molecule has 1 aromatic heterocycles. The molecule has 0 spiro atoms. The summed E-state index contributed by atoms with van der Waals surface area (Å²) in [5.41, 5.74) is 3.46. The summed E-state index contributed by atoms with van der Waals surface area (Å²) in [6.45, 7) is 0. The fourth-order valence-electron chi connectivity index (χ4n) is 3.14. The minimum Gasteiger partial charge on any atom is -0.477 e. The second kappa shape index (κ2) is 8.94. The zero-order valence-corrected chi connectivity index (χ0v) is 19.0. The van der Waals surface area contributed by atoms with Crippen LogP contribution in [0.25, 0.3) is 11.3 Å². The number of halogens is 2. The third-order valence-electron chi connectivity index (χ3n) is 4.57. The summed E-state index contributed by atoms with van der Waals surface area (Å²) in [6, 6.07) is 9.13. The Morgan fingerprint density at radius 3 is 2.78 bits per heavy atom. The number of rotatable bonds is 6. The fraction of sp³-hybridized carbons (Fsp3) is 0.105. The molecule has 3 aromatic rings. The number of nitro benzene ring substituents is 1. The smallest absolute Gasteiger partial charge is 0.352 e. The van der Waals surface area contributed by atoms with E-state index in [1.807, 2.05) is 0 Å². The van der Waals surface area contributed by atoms with Crippen LogP contribution in [-0.2, 0) is 27.8 Å². The zero-order chi connectivity index (χ0) is 23.0. The van der Waals surface area contributed by atoms with Crippen molar-refractivity contribution >= 4 is 67.8 Å². The van der Waals surface area contributed by atoms with Gasteiger partial charge in [0.2, 0.25) is 5.13 Å². The number of nitrogens with zero attached hydrogens (tertiary/aromatic N) is 3. The summed E-state index contributed by atoms with van der Waals surface area (Å²) >= 11 is 13.5. The van der Waals surface area contributed by atoms with Gasteiger partial charge in [-0.2, -0.15) is 5.10 Å². The molecule has 2 aromatic carbocycles. The molecule has 0 fully saturated rings. The van der Waals surface area contributed by atoms with Gasteiger partial charge in [-0.1, -0.05) is 52.7 Å². The molecule has 9 nitrogen and oxygen atoms in total. The number of carboxylic acids is 1. The Morgan fingerprint density at radius 1 is 1.31 bits per heavy atom. The van der Waals surface area contributed by atoms with E-state index in [2.05, 4.69) is 15.5 Å². The average Bonchev–Trinajstić information content (AvgIpc) is 3.16. The second-order valence-corrected chi connectivity index (χ2v) is 9.81. The summed E-state index contributed by atoms with van der Waals surface area (Å²) in [7, 11) is -1.41. The molecule has 0 bridgehead atoms. The van der Waals surface area contributed by atoms with E-state index >= 15 is 0 Å². The highest BCUT2D eigenvalue weighted by Gasteiger charge is 2.29. The number of fused-ring (bicyclic) bond motifs is 3. The molecule has 1 aliphatic rings. The number of nitro groups is 1. The summed E-state index contributed by atoms with van der Waals surface area (Å²) in [5, 5.41) is 25.4. The Morgan fingerprint density at radius 2 is 2.06 bits per heavy atom. The number of aromatic nitrogens is 1. The van der Waals surface area contributed by atoms with Gasteiger partial charge in [0.25, 0.3) is 5.69 Å². The van der Waals surface area contributed by atoms with Gasteiger partial charge in [0, 0.05) is 28.5 Å². The van der Waals surface area contributed by atoms with Crippen LogP contribution in [0, 0.1) is 10.1 Å². The Bertz CT molecular complexity index is 1330. The number of carbonyl (C=O) groups is 1. The summed E-state index contributed by atoms with van der Waals surface area (Å²) in [5.74, 6) is -1.14. The first-order chi connectivity index (χ1) is 15.3. The van der Waals surface area contributed by atoms with Gasteiger partial charge >= 0.3 is 5.97 Å². The van der Waals surface area contributed by atoms with E-state index in [9.17, 15) is 24.2 Å². The van der Waals surface area contributed by atoms with E-state index in [0.29, 0.717) is 21.2 Å². The van der Waals surface area contributed by atoms with Crippen LogP contribution in [0.2, 0.25) is 10.0 Å². The normalized spacial score (nSPS) is 15.1. The number of carboxylic acid groups (broad SMARTS) is 1. The predicted octanol–water partition coefficient (Wildman–Crippen LogP) is 4.74. The average molecular weight is 511 g/mol. The standard InChI is InChI=1S/C19H12Cl2N4O5S2/c20-11-6-5-10-16-14(8-32(30)17(10)15(11)21)31-19(22-16)24-23-12(18(26)27)7-9-3-1-2-4-13(9)25(28)29/h1-6H,7-8H2,(H,22,24)(H,26,27)/b23-12+. The highest BCUT2D eigenvalue weighted by atomic mass is 35.5. The van der Waals surface area contributed by atoms with Crippen molar-refractivity contribution < 1.29 is 19.0 Å². The van der Waals surface area contributed by atoms with Crippen LogP contribution in [0.4, 0.5) is 10.8 Å². The van der Waals surface area contributed by atoms with Crippen molar-refractivity contribution in [1.82, 2.24) is 4.98 Å². The van der Waals surface area contributed by atoms with Crippen LogP contribution in [0.3, 0.4) is 0 Å². The molecule has 0 saturated heterocycles. The number of para-hydroxylation sites is 1. The number of thiazole rings is 1. The second-order valence-electron chi connectivity index (χ2n) is 6.56. The third kappa shape index (κ3) is 4.24. The van der Waals surface area contributed by atoms with E-state index < -0.39 is 21.7 Å². The molecule has 2 N–H and O–H groups in total. The van der Waals surface area contributed by atoms with Crippen molar-refractivity contribution in [3.8, 4) is 11.3 Å². The van der Waals surface area contributed by atoms with Gasteiger partial charge < -0.3 is 5.11 Å². The molecule has 1 aliphatic heterocycles. The molecule has 0 radical (unpaired) electrons. The molecule has 0 amide bonds. The molecular formula is C19H12Cl2N4O5S2. The Labute approximate surface area is 197 Å². The van der Waals surface area contributed by atoms with Gasteiger partial charge in [-0.3, -0.25) is 19.7 Å². The van der Waals surface area contributed by atoms with Gasteiger partial charge in [-0.15, -0.1) is 0 Å². The van der Waals surface area contributed by atoms with E-state index in [4.69, 9.17) is 23.2 Å². The van der Waals surface area contributed by atoms with Crippen molar-refractivity contribution in [2.24, 2.45) is 5.10 Å². The maximum Gasteiger partial charge on any atom is 0.352 e. The molecule has 4 rings (SSSR count). The van der Waals surface area contributed by atoms with Crippen molar-refractivity contribution in [2.75, 3.05) is 5.43 Å². The Balaban J connectivity index is 1.64. The number of aliphatic carboxylic acids is 1. The van der Waals surface area contributed by atoms with Gasteiger partial charge in [-0.25, -0.2) is 9.78 Å². The topological polar surface area (TPSA) is 135 Å². The molecule has 2 heterocycles. The van der Waals surface area contributed by atoms with Gasteiger partial charge in [-0.05, 0) is 12.1 Å². The number of benzene rings is 2. The summed E-state index contributed by atoms with van der Waals surface area (Å²) in [4.78, 5) is 27.8. The van der Waals surface area contributed by atoms with Crippen LogP contribution in [-0.4, -0.2) is 30.9 Å². The van der Waals surface area contributed by atoms with E-state index in [1.165, 1.54) is 29.5 Å². The van der Waals surface area contributed by atoms with Gasteiger partial charge in [0.15, 0.2) is 0 Å². The molecule has 0 aliphatic carbocycles. The maximum absolute atomic E-state index is 12.6. The van der Waals surface area contributed by atoms with Crippen LogP contribution in [0.5, 0.6) is 0 Å². The van der Waals surface area contributed by atoms with Crippen LogP contribution < -0.4 is 5.43 Å². The highest BCUT2D eigenvalue weighted by Crippen LogP contribution is 2.44. The molecule has 1 atom stereocenters. The molecule has 164 valence electrons. The largest absolute Gasteiger partial charge is 0.477 e. The van der Waals surface area contributed by atoms with E-state index in [1.54, 1.807) is 18.2 Å². The van der Waals surface area contributed by atoms with Crippen LogP contribution >= 0.6 is 34.5 Å². The minimum atomic E-state index is -1.41. The summed E-state index contributed by atoms with van der Waals surface area (Å²) in [6.07, 6.45) is -0.258. The SMILES string of the molecule is O=C(O)/C(Cc1ccccc1[N+](=O)[O-])=N/Nc1nc2c(s1)CS(=O)c1c-2ccc(Cl)c1Cl. The van der Waals surface area contributed by atoms with Crippen molar-refractivity contribution in [2.45, 2.75) is 17.1 Å². The van der Waals surface area contributed by atoms with Crippen LogP contribution in [0.1, 0.15) is 10.4 Å². The fourth-order valence-corrected chi connectivity index (χ4v) is 6.28. The lowest BCUT2D eigenvalue weighted by atomic mass is 10.1. The number of anilines is 1.